The van der Waals surface area contributed by atoms with Crippen LogP contribution in [0.25, 0.3) is 0 Å². The largest absolute Gasteiger partial charge is 0.379 e. The van der Waals surface area contributed by atoms with E-state index in [9.17, 15) is 9.59 Å². The summed E-state index contributed by atoms with van der Waals surface area (Å²) in [5.74, 6) is 2.26. The predicted molar refractivity (Wildman–Crippen MR) is 132 cm³/mol. The normalized spacial score (nSPS) is 31.4. The molecule has 0 unspecified atom stereocenters. The lowest BCUT2D eigenvalue weighted by molar-refractivity contribution is -0.149. The average Bonchev–Trinajstić information content (AvgIpc) is 2.81. The van der Waals surface area contributed by atoms with Crippen LogP contribution >= 0.6 is 0 Å². The molecule has 0 spiro atoms. The molecule has 1 atom stereocenters. The molecule has 5 fully saturated rings. The summed E-state index contributed by atoms with van der Waals surface area (Å²) in [6.07, 6.45) is 7.00. The van der Waals surface area contributed by atoms with Crippen LogP contribution in [0.5, 0.6) is 0 Å². The molecule has 2 amide bonds. The zero-order valence-corrected chi connectivity index (χ0v) is 20.9. The number of ether oxygens (including phenoxy) is 1. The molecule has 5 aliphatic rings. The third-order valence-corrected chi connectivity index (χ3v) is 8.76. The molecule has 34 heavy (non-hydrogen) atoms. The van der Waals surface area contributed by atoms with Crippen molar-refractivity contribution in [3.63, 3.8) is 0 Å². The molecule has 0 radical (unpaired) electrons. The van der Waals surface area contributed by atoms with E-state index >= 15 is 0 Å². The molecule has 1 saturated heterocycles. The third-order valence-electron chi connectivity index (χ3n) is 8.76. The molecule has 1 aromatic rings. The van der Waals surface area contributed by atoms with Crippen LogP contribution < -0.4 is 10.6 Å². The van der Waals surface area contributed by atoms with Gasteiger partial charge in [0.05, 0.1) is 13.2 Å². The van der Waals surface area contributed by atoms with Crippen LogP contribution in [0.1, 0.15) is 63.5 Å². The molecule has 6 heteroatoms. The van der Waals surface area contributed by atoms with Crippen molar-refractivity contribution >= 4 is 11.8 Å². The first kappa shape index (κ1) is 23.8. The molecule has 186 valence electrons. The second-order valence-corrected chi connectivity index (χ2v) is 11.8. The average molecular weight is 468 g/mol. The molecule has 1 aromatic carbocycles. The Morgan fingerprint density at radius 2 is 1.53 bits per heavy atom. The van der Waals surface area contributed by atoms with Crippen LogP contribution in [-0.4, -0.2) is 49.1 Å². The molecule has 4 aliphatic carbocycles. The Kier molecular flexibility index (Phi) is 6.99. The zero-order valence-electron chi connectivity index (χ0n) is 20.9. The molecular formula is C28H41N3O3. The molecule has 0 aromatic heterocycles. The second-order valence-electron chi connectivity index (χ2n) is 11.8. The Morgan fingerprint density at radius 3 is 2.09 bits per heavy atom. The Balaban J connectivity index is 1.15. The number of nitrogens with zero attached hydrogens (tertiary/aromatic N) is 1. The molecule has 2 N–H and O–H groups in total. The van der Waals surface area contributed by atoms with E-state index in [1.54, 1.807) is 0 Å². The summed E-state index contributed by atoms with van der Waals surface area (Å²) >= 11 is 0. The summed E-state index contributed by atoms with van der Waals surface area (Å²) in [6.45, 7) is 9.01. The third kappa shape index (κ3) is 5.18. The van der Waals surface area contributed by atoms with Crippen LogP contribution in [0.4, 0.5) is 0 Å². The lowest BCUT2D eigenvalue weighted by Crippen LogP contribution is -2.58. The van der Waals surface area contributed by atoms with E-state index in [1.165, 1.54) is 24.8 Å². The van der Waals surface area contributed by atoms with E-state index in [1.807, 2.05) is 13.8 Å². The first-order chi connectivity index (χ1) is 16.4. The second kappa shape index (κ2) is 9.98. The van der Waals surface area contributed by atoms with Gasteiger partial charge in [0.2, 0.25) is 11.8 Å². The quantitative estimate of drug-likeness (QED) is 0.614. The van der Waals surface area contributed by atoms with Crippen molar-refractivity contribution in [1.82, 2.24) is 15.5 Å². The van der Waals surface area contributed by atoms with E-state index in [4.69, 9.17) is 4.74 Å². The minimum Gasteiger partial charge on any atom is -0.379 e. The summed E-state index contributed by atoms with van der Waals surface area (Å²) in [5.41, 5.74) is 2.13. The first-order valence-corrected chi connectivity index (χ1v) is 13.4. The van der Waals surface area contributed by atoms with Gasteiger partial charge < -0.3 is 15.4 Å². The SMILES string of the molecule is CC(C)[C@H](NC(=O)C12CC3CC(CC(C3)C1)C2)C(=O)NCc1ccc(CN2CCOCC2)cc1. The van der Waals surface area contributed by atoms with Gasteiger partial charge in [-0.15, -0.1) is 0 Å². The molecule has 6 rings (SSSR count). The van der Waals surface area contributed by atoms with Crippen LogP contribution in [-0.2, 0) is 27.4 Å². The molecular weight excluding hydrogens is 426 g/mol. The van der Waals surface area contributed by atoms with Crippen LogP contribution in [0.3, 0.4) is 0 Å². The van der Waals surface area contributed by atoms with Crippen molar-refractivity contribution < 1.29 is 14.3 Å². The summed E-state index contributed by atoms with van der Waals surface area (Å²) < 4.78 is 5.42. The van der Waals surface area contributed by atoms with Gasteiger partial charge in [0.15, 0.2) is 0 Å². The smallest absolute Gasteiger partial charge is 0.243 e. The number of carbonyl (C=O) groups is 2. The van der Waals surface area contributed by atoms with Crippen molar-refractivity contribution in [2.45, 2.75) is 71.5 Å². The minimum absolute atomic E-state index is 0.0498. The van der Waals surface area contributed by atoms with E-state index in [0.717, 1.165) is 75.4 Å². The highest BCUT2D eigenvalue weighted by Crippen LogP contribution is 2.60. The maximum absolute atomic E-state index is 13.5. The number of amides is 2. The van der Waals surface area contributed by atoms with Gasteiger partial charge in [-0.05, 0) is 73.3 Å². The van der Waals surface area contributed by atoms with E-state index in [-0.39, 0.29) is 23.1 Å². The van der Waals surface area contributed by atoms with Crippen molar-refractivity contribution in [3.8, 4) is 0 Å². The van der Waals surface area contributed by atoms with Crippen molar-refractivity contribution in [1.29, 1.82) is 0 Å². The highest BCUT2D eigenvalue weighted by Gasteiger charge is 2.55. The van der Waals surface area contributed by atoms with Crippen LogP contribution in [0, 0.1) is 29.1 Å². The van der Waals surface area contributed by atoms with Gasteiger partial charge in [-0.25, -0.2) is 0 Å². The number of benzene rings is 1. The number of nitrogens with one attached hydrogen (secondary N) is 2. The van der Waals surface area contributed by atoms with Gasteiger partial charge in [0.25, 0.3) is 0 Å². The molecule has 6 nitrogen and oxygen atoms in total. The monoisotopic (exact) mass is 467 g/mol. The van der Waals surface area contributed by atoms with Crippen molar-refractivity contribution in [2.24, 2.45) is 29.1 Å². The topological polar surface area (TPSA) is 70.7 Å². The lowest BCUT2D eigenvalue weighted by Gasteiger charge is -2.55. The summed E-state index contributed by atoms with van der Waals surface area (Å²) in [7, 11) is 0. The first-order valence-electron chi connectivity index (χ1n) is 13.4. The molecule has 1 aliphatic heterocycles. The lowest BCUT2D eigenvalue weighted by atomic mass is 9.49. The standard InChI is InChI=1S/C28H41N3O3/c1-19(2)25(30-27(33)28-14-22-11-23(15-28)13-24(12-22)16-28)26(32)29-17-20-3-5-21(6-4-20)18-31-7-9-34-10-8-31/h3-6,19,22-25H,7-18H2,1-2H3,(H,29,32)(H,30,33)/t22?,23?,24?,25-,28?/m0/s1. The number of rotatable bonds is 8. The highest BCUT2D eigenvalue weighted by atomic mass is 16.5. The maximum Gasteiger partial charge on any atom is 0.243 e. The fourth-order valence-electron chi connectivity index (χ4n) is 7.30. The summed E-state index contributed by atoms with van der Waals surface area (Å²) in [5, 5.41) is 6.28. The number of morpholine rings is 1. The van der Waals surface area contributed by atoms with Gasteiger partial charge in [-0.3, -0.25) is 14.5 Å². The maximum atomic E-state index is 13.5. The predicted octanol–water partition coefficient (Wildman–Crippen LogP) is 3.49. The van der Waals surface area contributed by atoms with Gasteiger partial charge in [0, 0.05) is 31.6 Å². The van der Waals surface area contributed by atoms with E-state index < -0.39 is 6.04 Å². The Bertz CT molecular complexity index is 840. The van der Waals surface area contributed by atoms with E-state index in [2.05, 4.69) is 39.8 Å². The van der Waals surface area contributed by atoms with E-state index in [0.29, 0.717) is 6.54 Å². The fraction of sp³-hybridized carbons (Fsp3) is 0.714. The number of carbonyl (C=O) groups excluding carboxylic acids is 2. The van der Waals surface area contributed by atoms with Crippen molar-refractivity contribution in [2.75, 3.05) is 26.3 Å². The van der Waals surface area contributed by atoms with Crippen LogP contribution in [0.15, 0.2) is 24.3 Å². The summed E-state index contributed by atoms with van der Waals surface area (Å²) in [4.78, 5) is 29.0. The highest BCUT2D eigenvalue weighted by molar-refractivity contribution is 5.90. The zero-order chi connectivity index (χ0) is 23.7. The van der Waals surface area contributed by atoms with Gasteiger partial charge >= 0.3 is 0 Å². The molecule has 4 bridgehead atoms. The van der Waals surface area contributed by atoms with Crippen LogP contribution in [0.2, 0.25) is 0 Å². The number of hydrogen-bond acceptors (Lipinski definition) is 4. The van der Waals surface area contributed by atoms with Gasteiger partial charge in [0.1, 0.15) is 6.04 Å². The Labute approximate surface area is 204 Å². The number of hydrogen-bond donors (Lipinski definition) is 2. The van der Waals surface area contributed by atoms with Crippen molar-refractivity contribution in [3.05, 3.63) is 35.4 Å². The Morgan fingerprint density at radius 1 is 0.971 bits per heavy atom. The van der Waals surface area contributed by atoms with Gasteiger partial charge in [-0.2, -0.15) is 0 Å². The fourth-order valence-corrected chi connectivity index (χ4v) is 7.30. The Hall–Kier alpha value is -1.92. The summed E-state index contributed by atoms with van der Waals surface area (Å²) in [6, 6.07) is 7.99. The molecule has 4 saturated carbocycles. The minimum atomic E-state index is -0.485. The van der Waals surface area contributed by atoms with Gasteiger partial charge in [-0.1, -0.05) is 38.1 Å². The molecule has 1 heterocycles.